The van der Waals surface area contributed by atoms with Gasteiger partial charge in [0.25, 0.3) is 0 Å². The second kappa shape index (κ2) is 29.8. The quantitative estimate of drug-likeness (QED) is 0.0951. The van der Waals surface area contributed by atoms with E-state index in [9.17, 15) is 0 Å². The Morgan fingerprint density at radius 3 is 0.960 bits per heavy atom. The Bertz CT molecular complexity index is 8350. The minimum atomic E-state index is 1.06. The molecule has 24 rings (SSSR count). The van der Waals surface area contributed by atoms with Crippen LogP contribution in [0.2, 0.25) is 0 Å². The Kier molecular flexibility index (Phi) is 17.2. The zero-order chi connectivity index (χ0) is 81.7. The fraction of sp³-hybridized carbons (Fsp3) is 0. The number of para-hydroxylation sites is 4. The van der Waals surface area contributed by atoms with Crippen LogP contribution in [-0.4, -0.2) is 9.13 Å². The first kappa shape index (κ1) is 71.7. The summed E-state index contributed by atoms with van der Waals surface area (Å²) in [4.78, 5) is 4.82. The van der Waals surface area contributed by atoms with Crippen LogP contribution in [0, 0.1) is 0 Å². The maximum Gasteiger partial charge on any atom is 0.0619 e. The van der Waals surface area contributed by atoms with E-state index in [0.29, 0.717) is 0 Å². The number of hydrogen-bond donors (Lipinski definition) is 0. The van der Waals surface area contributed by atoms with E-state index in [1.54, 1.807) is 0 Å². The van der Waals surface area contributed by atoms with E-state index >= 15 is 0 Å². The molecule has 2 heterocycles. The van der Waals surface area contributed by atoms with Gasteiger partial charge in [-0.25, -0.2) is 0 Å². The average Bonchev–Trinajstić information content (AvgIpc) is 1.57. The van der Waals surface area contributed by atoms with Crippen molar-refractivity contribution in [2.75, 3.05) is 9.80 Å². The molecule has 0 saturated carbocycles. The van der Waals surface area contributed by atoms with Gasteiger partial charge in [0.2, 0.25) is 0 Å². The highest BCUT2D eigenvalue weighted by molar-refractivity contribution is 6.17. The largest absolute Gasteiger partial charge is 0.310 e. The number of fused-ring (bicyclic) bond motifs is 14. The minimum Gasteiger partial charge on any atom is -0.310 e. The molecule has 0 unspecified atom stereocenters. The van der Waals surface area contributed by atoms with Crippen LogP contribution in [0.3, 0.4) is 0 Å². The van der Waals surface area contributed by atoms with E-state index in [-0.39, 0.29) is 0 Å². The molecular formula is C120H78N4. The van der Waals surface area contributed by atoms with Crippen molar-refractivity contribution in [2.24, 2.45) is 0 Å². The lowest BCUT2D eigenvalue weighted by Gasteiger charge is -2.27. The summed E-state index contributed by atoms with van der Waals surface area (Å²) in [6, 6.07) is 175. The highest BCUT2D eigenvalue weighted by Crippen LogP contribution is 2.47. The lowest BCUT2D eigenvalue weighted by molar-refractivity contribution is 1.18. The Morgan fingerprint density at radius 2 is 0.452 bits per heavy atom. The molecule has 124 heavy (non-hydrogen) atoms. The minimum absolute atomic E-state index is 1.06. The molecule has 4 nitrogen and oxygen atoms in total. The molecule has 2 aromatic heterocycles. The number of hydrogen-bond acceptors (Lipinski definition) is 2. The Hall–Kier alpha value is -16.4. The fourth-order valence-corrected chi connectivity index (χ4v) is 19.6. The van der Waals surface area contributed by atoms with E-state index < -0.39 is 0 Å². The molecule has 578 valence electrons. The Balaban J connectivity index is 0.561. The monoisotopic (exact) mass is 1570 g/mol. The normalized spacial score (nSPS) is 11.7. The van der Waals surface area contributed by atoms with Crippen LogP contribution in [-0.2, 0) is 0 Å². The molecule has 0 spiro atoms. The summed E-state index contributed by atoms with van der Waals surface area (Å²) in [6.45, 7) is 0. The highest BCUT2D eigenvalue weighted by atomic mass is 15.1. The van der Waals surface area contributed by atoms with Gasteiger partial charge in [-0.3, -0.25) is 0 Å². The van der Waals surface area contributed by atoms with Crippen molar-refractivity contribution in [1.29, 1.82) is 0 Å². The summed E-state index contributed by atoms with van der Waals surface area (Å²) >= 11 is 0. The second-order valence-electron chi connectivity index (χ2n) is 32.7. The smallest absolute Gasteiger partial charge is 0.0619 e. The van der Waals surface area contributed by atoms with Gasteiger partial charge in [0.1, 0.15) is 0 Å². The van der Waals surface area contributed by atoms with Gasteiger partial charge in [-0.2, -0.15) is 0 Å². The standard InChI is InChI=1S/C120H78N4/c1-3-29-96(30-4-1)123-118-77-93(89-28-17-35-103(76-89)122(102-34-16-27-88(75-102)91-48-46-80-22-8-10-25-86(80)72-91)100-62-51-83(52-63-100)105-38-18-41-109-104-36-12-11-23-81(104)55-67-111(105)109)57-69-114(118)115-70-58-94(78-119(115)123)92-56-66-107-95(73-92)59-68-112-106(39-19-42-110(107)112)82-49-60-98(61-50-82)121(101-33-15-26-87(74-101)90-47-45-79-21-7-9-24-85(79)71-90)99-64-53-84(54-65-99)108-40-20-43-116-113-37-13-14-44-117(113)124(120(108)116)97-31-5-2-6-32-97/h1-78H. The van der Waals surface area contributed by atoms with Crippen LogP contribution >= 0.6 is 0 Å². The zero-order valence-corrected chi connectivity index (χ0v) is 67.8. The first-order valence-corrected chi connectivity index (χ1v) is 42.7. The Morgan fingerprint density at radius 1 is 0.137 bits per heavy atom. The highest BCUT2D eigenvalue weighted by Gasteiger charge is 2.23. The first-order valence-electron chi connectivity index (χ1n) is 42.7. The van der Waals surface area contributed by atoms with Crippen LogP contribution in [0.15, 0.2) is 473 Å². The zero-order valence-electron chi connectivity index (χ0n) is 67.8. The van der Waals surface area contributed by atoms with Crippen molar-refractivity contribution in [1.82, 2.24) is 9.13 Å². The van der Waals surface area contributed by atoms with Crippen molar-refractivity contribution < 1.29 is 0 Å². The summed E-state index contributed by atoms with van der Waals surface area (Å²) in [5, 5.41) is 19.6. The van der Waals surface area contributed by atoms with Crippen LogP contribution in [0.25, 0.3) is 198 Å². The molecule has 0 aliphatic rings. The summed E-state index contributed by atoms with van der Waals surface area (Å²) in [6.07, 6.45) is 0. The molecule has 0 aliphatic carbocycles. The van der Waals surface area contributed by atoms with E-state index in [0.717, 1.165) is 95.5 Å². The van der Waals surface area contributed by atoms with Crippen LogP contribution < -0.4 is 9.80 Å². The molecule has 0 radical (unpaired) electrons. The molecule has 0 N–H and O–H groups in total. The molecule has 0 atom stereocenters. The molecule has 0 aliphatic heterocycles. The molecule has 0 saturated heterocycles. The van der Waals surface area contributed by atoms with Gasteiger partial charge in [0.05, 0.1) is 22.1 Å². The maximum absolute atomic E-state index is 2.46. The predicted molar refractivity (Wildman–Crippen MR) is 528 cm³/mol. The molecular weight excluding hydrogens is 1500 g/mol. The molecule has 0 fully saturated rings. The fourth-order valence-electron chi connectivity index (χ4n) is 19.6. The van der Waals surface area contributed by atoms with E-state index in [1.807, 2.05) is 0 Å². The predicted octanol–water partition coefficient (Wildman–Crippen LogP) is 33.4. The van der Waals surface area contributed by atoms with Gasteiger partial charge in [-0.05, 0) is 270 Å². The molecule has 24 aromatic rings. The number of rotatable bonds is 15. The summed E-state index contributed by atoms with van der Waals surface area (Å²) in [5.41, 5.74) is 29.7. The summed E-state index contributed by atoms with van der Waals surface area (Å²) in [5.74, 6) is 0. The summed E-state index contributed by atoms with van der Waals surface area (Å²) < 4.78 is 4.89. The topological polar surface area (TPSA) is 16.3 Å². The van der Waals surface area contributed by atoms with Crippen LogP contribution in [0.1, 0.15) is 0 Å². The van der Waals surface area contributed by atoms with E-state index in [2.05, 4.69) is 492 Å². The molecule has 0 amide bonds. The second-order valence-corrected chi connectivity index (χ2v) is 32.7. The third-order valence-electron chi connectivity index (χ3n) is 25.6. The van der Waals surface area contributed by atoms with Gasteiger partial charge in [-0.1, -0.05) is 340 Å². The van der Waals surface area contributed by atoms with Gasteiger partial charge >= 0.3 is 0 Å². The number of aromatic nitrogens is 2. The maximum atomic E-state index is 2.46. The molecule has 22 aromatic carbocycles. The summed E-state index contributed by atoms with van der Waals surface area (Å²) in [7, 11) is 0. The van der Waals surface area contributed by atoms with Crippen molar-refractivity contribution >= 4 is 142 Å². The van der Waals surface area contributed by atoms with E-state index in [1.165, 1.54) is 136 Å². The lowest BCUT2D eigenvalue weighted by atomic mass is 9.93. The lowest BCUT2D eigenvalue weighted by Crippen LogP contribution is -2.10. The van der Waals surface area contributed by atoms with Gasteiger partial charge in [-0.15, -0.1) is 0 Å². The van der Waals surface area contributed by atoms with E-state index in [4.69, 9.17) is 0 Å². The third kappa shape index (κ3) is 12.5. The van der Waals surface area contributed by atoms with Gasteiger partial charge in [0.15, 0.2) is 0 Å². The average molecular weight is 1580 g/mol. The number of benzene rings is 22. The van der Waals surface area contributed by atoms with Crippen molar-refractivity contribution in [3.05, 3.63) is 473 Å². The van der Waals surface area contributed by atoms with Crippen molar-refractivity contribution in [2.45, 2.75) is 0 Å². The number of nitrogens with zero attached hydrogens (tertiary/aromatic N) is 4. The first-order chi connectivity index (χ1) is 61.4. The molecule has 0 bridgehead atoms. The SMILES string of the molecule is c1ccc(-n2c3cc(-c4cccc(N(c5ccc(-c6cccc7c6ccc6ccccc67)cc5)c5cccc(-c6ccc7ccccc7c6)c5)c4)ccc3c3ccc(-c4ccc5c(ccc6c(-c7ccc(N(c8ccc(-c9cccc%10c%11ccccc%11n(-c%11ccccc%11)c9%10)cc8)c8cccc(-c9ccc%10ccccc%10c9)c8)cc7)cccc65)c4)cc32)cc1. The van der Waals surface area contributed by atoms with Crippen LogP contribution in [0.4, 0.5) is 34.1 Å². The Labute approximate surface area is 718 Å². The van der Waals surface area contributed by atoms with Gasteiger partial charge in [0, 0.05) is 72.6 Å². The van der Waals surface area contributed by atoms with Gasteiger partial charge < -0.3 is 18.9 Å². The molecule has 4 heteroatoms. The van der Waals surface area contributed by atoms with Crippen LogP contribution in [0.5, 0.6) is 0 Å². The number of anilines is 6. The van der Waals surface area contributed by atoms with Crippen molar-refractivity contribution in [3.8, 4) is 89.3 Å². The van der Waals surface area contributed by atoms with Crippen molar-refractivity contribution in [3.63, 3.8) is 0 Å². The third-order valence-corrected chi connectivity index (χ3v) is 25.6.